The topological polar surface area (TPSA) is 0 Å². The molecule has 1 heteroatoms. The monoisotopic (exact) mass is 230 g/mol. The zero-order chi connectivity index (χ0) is 11.5. The second-order valence-corrected chi connectivity index (χ2v) is 6.63. The van der Waals surface area contributed by atoms with Crippen LogP contribution in [0.2, 0.25) is 0 Å². The lowest BCUT2D eigenvalue weighted by atomic mass is 10.2. The average Bonchev–Trinajstić information content (AvgIpc) is 2.18. The van der Waals surface area contributed by atoms with Gasteiger partial charge in [-0.25, -0.2) is 0 Å². The van der Waals surface area contributed by atoms with Gasteiger partial charge in [0.25, 0.3) is 0 Å². The minimum atomic E-state index is 0.869. The van der Waals surface area contributed by atoms with E-state index in [1.165, 1.54) is 51.4 Å². The van der Waals surface area contributed by atoms with Gasteiger partial charge in [-0.1, -0.05) is 66.2 Å². The molecule has 0 radical (unpaired) electrons. The number of unbranched alkanes of at least 4 members (excludes halogenated alkanes) is 4. The molecule has 2 unspecified atom stereocenters. The van der Waals surface area contributed by atoms with Crippen molar-refractivity contribution in [2.24, 2.45) is 0 Å². The number of hydrogen-bond acceptors (Lipinski definition) is 1. The average molecular weight is 230 g/mol. The van der Waals surface area contributed by atoms with Gasteiger partial charge in [0, 0.05) is 10.5 Å². The Morgan fingerprint density at radius 3 is 1.47 bits per heavy atom. The van der Waals surface area contributed by atoms with Crippen LogP contribution in [0.3, 0.4) is 0 Å². The SMILES string of the molecule is CCCCCC(C)SC(C)CCCCC. The van der Waals surface area contributed by atoms with Gasteiger partial charge in [0.15, 0.2) is 0 Å². The second-order valence-electron chi connectivity index (χ2n) is 4.75. The summed E-state index contributed by atoms with van der Waals surface area (Å²) in [5, 5.41) is 1.74. The lowest BCUT2D eigenvalue weighted by Crippen LogP contribution is -2.05. The molecule has 15 heavy (non-hydrogen) atoms. The van der Waals surface area contributed by atoms with Crippen molar-refractivity contribution in [2.45, 2.75) is 89.6 Å². The molecule has 0 rings (SSSR count). The predicted molar refractivity (Wildman–Crippen MR) is 74.8 cm³/mol. The number of thioether (sulfide) groups is 1. The smallest absolute Gasteiger partial charge is 0.00213 e. The maximum absolute atomic E-state index is 2.40. The molecule has 0 aliphatic rings. The molecular formula is C14H30S. The Bertz CT molecular complexity index is 109. The summed E-state index contributed by atoms with van der Waals surface area (Å²) >= 11 is 2.20. The molecule has 0 N–H and O–H groups in total. The van der Waals surface area contributed by atoms with Crippen molar-refractivity contribution in [3.05, 3.63) is 0 Å². The summed E-state index contributed by atoms with van der Waals surface area (Å²) in [4.78, 5) is 0. The summed E-state index contributed by atoms with van der Waals surface area (Å²) in [6, 6.07) is 0. The molecule has 0 aliphatic carbocycles. The van der Waals surface area contributed by atoms with Gasteiger partial charge < -0.3 is 0 Å². The van der Waals surface area contributed by atoms with Crippen LogP contribution in [0.15, 0.2) is 0 Å². The van der Waals surface area contributed by atoms with Crippen molar-refractivity contribution in [2.75, 3.05) is 0 Å². The van der Waals surface area contributed by atoms with E-state index in [0.29, 0.717) is 0 Å². The van der Waals surface area contributed by atoms with Crippen LogP contribution < -0.4 is 0 Å². The molecule has 2 atom stereocenters. The largest absolute Gasteiger partial charge is 0.156 e. The second kappa shape index (κ2) is 10.9. The fraction of sp³-hybridized carbons (Fsp3) is 1.00. The molecule has 0 bridgehead atoms. The molecule has 0 aromatic rings. The van der Waals surface area contributed by atoms with Crippen LogP contribution in [0.25, 0.3) is 0 Å². The summed E-state index contributed by atoms with van der Waals surface area (Å²) in [5.41, 5.74) is 0. The molecule has 0 amide bonds. The van der Waals surface area contributed by atoms with Gasteiger partial charge in [0.05, 0.1) is 0 Å². The molecule has 0 aliphatic heterocycles. The maximum Gasteiger partial charge on any atom is 0.00213 e. The summed E-state index contributed by atoms with van der Waals surface area (Å²) in [6.07, 6.45) is 11.2. The Balaban J connectivity index is 3.35. The van der Waals surface area contributed by atoms with Crippen molar-refractivity contribution in [1.29, 1.82) is 0 Å². The molecule has 0 aromatic carbocycles. The number of hydrogen-bond donors (Lipinski definition) is 0. The maximum atomic E-state index is 2.40. The Labute approximate surface area is 102 Å². The Morgan fingerprint density at radius 2 is 1.13 bits per heavy atom. The van der Waals surface area contributed by atoms with Gasteiger partial charge >= 0.3 is 0 Å². The summed E-state index contributed by atoms with van der Waals surface area (Å²) in [6.45, 7) is 9.36. The Kier molecular flexibility index (Phi) is 11.1. The highest BCUT2D eigenvalue weighted by atomic mass is 32.2. The molecule has 0 aromatic heterocycles. The van der Waals surface area contributed by atoms with Crippen LogP contribution in [-0.4, -0.2) is 10.5 Å². The van der Waals surface area contributed by atoms with E-state index in [-0.39, 0.29) is 0 Å². The fourth-order valence-electron chi connectivity index (χ4n) is 1.90. The first kappa shape index (κ1) is 15.3. The molecular weight excluding hydrogens is 200 g/mol. The van der Waals surface area contributed by atoms with E-state index in [4.69, 9.17) is 0 Å². The number of rotatable bonds is 10. The van der Waals surface area contributed by atoms with Gasteiger partial charge in [0.1, 0.15) is 0 Å². The van der Waals surface area contributed by atoms with Crippen molar-refractivity contribution in [3.63, 3.8) is 0 Å². The zero-order valence-corrected chi connectivity index (χ0v) is 12.0. The van der Waals surface area contributed by atoms with Crippen LogP contribution >= 0.6 is 11.8 Å². The molecule has 0 saturated heterocycles. The van der Waals surface area contributed by atoms with Gasteiger partial charge in [-0.05, 0) is 12.8 Å². The van der Waals surface area contributed by atoms with Crippen LogP contribution in [0.1, 0.15) is 79.1 Å². The minimum Gasteiger partial charge on any atom is -0.156 e. The third-order valence-electron chi connectivity index (χ3n) is 2.89. The zero-order valence-electron chi connectivity index (χ0n) is 11.2. The summed E-state index contributed by atoms with van der Waals surface area (Å²) < 4.78 is 0. The third-order valence-corrected chi connectivity index (χ3v) is 4.29. The summed E-state index contributed by atoms with van der Waals surface area (Å²) in [5.74, 6) is 0. The Morgan fingerprint density at radius 1 is 0.733 bits per heavy atom. The van der Waals surface area contributed by atoms with E-state index in [0.717, 1.165) is 10.5 Å². The van der Waals surface area contributed by atoms with E-state index in [9.17, 15) is 0 Å². The highest BCUT2D eigenvalue weighted by Gasteiger charge is 2.08. The van der Waals surface area contributed by atoms with E-state index < -0.39 is 0 Å². The lowest BCUT2D eigenvalue weighted by Gasteiger charge is -2.16. The summed E-state index contributed by atoms with van der Waals surface area (Å²) in [7, 11) is 0. The van der Waals surface area contributed by atoms with E-state index in [1.54, 1.807) is 0 Å². The first-order valence-electron chi connectivity index (χ1n) is 6.86. The normalized spacial score (nSPS) is 15.2. The first-order valence-corrected chi connectivity index (χ1v) is 7.80. The standard InChI is InChI=1S/C14H30S/c1-5-7-9-11-13(3)15-14(4)12-10-8-6-2/h13-14H,5-12H2,1-4H3. The molecule has 0 heterocycles. The molecule has 0 spiro atoms. The van der Waals surface area contributed by atoms with Crippen molar-refractivity contribution < 1.29 is 0 Å². The van der Waals surface area contributed by atoms with Gasteiger partial charge in [-0.3, -0.25) is 0 Å². The quantitative estimate of drug-likeness (QED) is 0.437. The Hall–Kier alpha value is 0.350. The van der Waals surface area contributed by atoms with E-state index in [1.807, 2.05) is 0 Å². The molecule has 0 saturated carbocycles. The minimum absolute atomic E-state index is 0.869. The lowest BCUT2D eigenvalue weighted by molar-refractivity contribution is 0.648. The third kappa shape index (κ3) is 10.6. The van der Waals surface area contributed by atoms with E-state index in [2.05, 4.69) is 39.5 Å². The van der Waals surface area contributed by atoms with Gasteiger partial charge in [-0.15, -0.1) is 0 Å². The van der Waals surface area contributed by atoms with Crippen LogP contribution in [0, 0.1) is 0 Å². The van der Waals surface area contributed by atoms with Crippen LogP contribution in [0.5, 0.6) is 0 Å². The molecule has 0 nitrogen and oxygen atoms in total. The van der Waals surface area contributed by atoms with Crippen LogP contribution in [0.4, 0.5) is 0 Å². The van der Waals surface area contributed by atoms with Gasteiger partial charge in [0.2, 0.25) is 0 Å². The fourth-order valence-corrected chi connectivity index (χ4v) is 3.29. The van der Waals surface area contributed by atoms with Crippen LogP contribution in [-0.2, 0) is 0 Å². The van der Waals surface area contributed by atoms with Crippen molar-refractivity contribution in [3.8, 4) is 0 Å². The van der Waals surface area contributed by atoms with Crippen molar-refractivity contribution >= 4 is 11.8 Å². The van der Waals surface area contributed by atoms with Crippen molar-refractivity contribution in [1.82, 2.24) is 0 Å². The van der Waals surface area contributed by atoms with Gasteiger partial charge in [-0.2, -0.15) is 11.8 Å². The molecule has 92 valence electrons. The molecule has 0 fully saturated rings. The first-order chi connectivity index (χ1) is 7.20. The highest BCUT2D eigenvalue weighted by Crippen LogP contribution is 2.25. The highest BCUT2D eigenvalue weighted by molar-refractivity contribution is 8.00. The van der Waals surface area contributed by atoms with E-state index >= 15 is 0 Å². The predicted octanol–water partition coefficient (Wildman–Crippen LogP) is 5.66.